The molecule has 1 aliphatic rings. The smallest absolute Gasteiger partial charge is 0.341 e. The Morgan fingerprint density at radius 2 is 2.06 bits per heavy atom. The number of aromatic nitrogens is 4. The molecule has 0 atom stereocenters. The summed E-state index contributed by atoms with van der Waals surface area (Å²) in [7, 11) is 0. The van der Waals surface area contributed by atoms with Crippen LogP contribution < -0.4 is 16.1 Å². The van der Waals surface area contributed by atoms with Crippen molar-refractivity contribution in [2.45, 2.75) is 13.3 Å². The quantitative estimate of drug-likeness (QED) is 0.427. The van der Waals surface area contributed by atoms with Crippen molar-refractivity contribution >= 4 is 45.8 Å². The van der Waals surface area contributed by atoms with E-state index >= 15 is 0 Å². The second kappa shape index (κ2) is 8.34. The van der Waals surface area contributed by atoms with E-state index in [0.717, 1.165) is 0 Å². The molecular weight excluding hydrogens is 456 g/mol. The summed E-state index contributed by atoms with van der Waals surface area (Å²) in [6.45, 7) is 2.74. The zero-order valence-corrected chi connectivity index (χ0v) is 19.0. The number of pyridine rings is 3. The number of anilines is 2. The largest absolute Gasteiger partial charge is 0.477 e. The van der Waals surface area contributed by atoms with Gasteiger partial charge in [-0.25, -0.2) is 19.7 Å². The topological polar surface area (TPSA) is 144 Å². The summed E-state index contributed by atoms with van der Waals surface area (Å²) < 4.78 is 1.54. The molecule has 0 aliphatic carbocycles. The maximum atomic E-state index is 12.9. The van der Waals surface area contributed by atoms with Crippen LogP contribution in [0.5, 0.6) is 0 Å². The Hall–Kier alpha value is -4.12. The van der Waals surface area contributed by atoms with Gasteiger partial charge in [0.1, 0.15) is 23.0 Å². The third-order valence-electron chi connectivity index (χ3n) is 5.84. The first-order valence-electron chi connectivity index (χ1n) is 10.5. The zero-order chi connectivity index (χ0) is 24.0. The highest BCUT2D eigenvalue weighted by molar-refractivity contribution is 7.12. The Balaban J connectivity index is 1.46. The first-order valence-corrected chi connectivity index (χ1v) is 11.4. The third-order valence-corrected chi connectivity index (χ3v) is 6.61. The molecule has 0 bridgehead atoms. The van der Waals surface area contributed by atoms with Crippen molar-refractivity contribution in [3.8, 4) is 5.13 Å². The van der Waals surface area contributed by atoms with Crippen LogP contribution >= 0.6 is 11.3 Å². The number of rotatable bonds is 6. The fourth-order valence-corrected chi connectivity index (χ4v) is 4.68. The summed E-state index contributed by atoms with van der Waals surface area (Å²) >= 11 is 1.31. The average Bonchev–Trinajstić information content (AvgIpc) is 3.27. The maximum absolute atomic E-state index is 12.9. The normalized spacial score (nSPS) is 13.7. The van der Waals surface area contributed by atoms with Crippen molar-refractivity contribution in [3.05, 3.63) is 69.1 Å². The molecule has 11 heteroatoms. The van der Waals surface area contributed by atoms with E-state index in [-0.39, 0.29) is 29.1 Å². The van der Waals surface area contributed by atoms with Gasteiger partial charge < -0.3 is 15.7 Å². The minimum Gasteiger partial charge on any atom is -0.477 e. The lowest BCUT2D eigenvalue weighted by atomic mass is 9.92. The van der Waals surface area contributed by atoms with Crippen molar-refractivity contribution in [1.82, 2.24) is 19.5 Å². The van der Waals surface area contributed by atoms with Gasteiger partial charge in [-0.3, -0.25) is 14.2 Å². The predicted molar refractivity (Wildman–Crippen MR) is 128 cm³/mol. The van der Waals surface area contributed by atoms with E-state index in [2.05, 4.69) is 15.0 Å². The first-order chi connectivity index (χ1) is 16.3. The molecule has 3 N–H and O–H groups in total. The van der Waals surface area contributed by atoms with E-state index in [1.807, 2.05) is 4.90 Å². The lowest BCUT2D eigenvalue weighted by molar-refractivity contribution is -0.122. The van der Waals surface area contributed by atoms with Crippen molar-refractivity contribution in [1.29, 1.82) is 0 Å². The van der Waals surface area contributed by atoms with Gasteiger partial charge in [0.05, 0.1) is 17.0 Å². The minimum atomic E-state index is -1.31. The lowest BCUT2D eigenvalue weighted by Crippen LogP contribution is -2.51. The number of aryl methyl sites for hydroxylation is 1. The molecule has 5 heterocycles. The highest BCUT2D eigenvalue weighted by Gasteiger charge is 2.34. The molecule has 0 saturated carbocycles. The molecule has 10 nitrogen and oxygen atoms in total. The highest BCUT2D eigenvalue weighted by atomic mass is 32.1. The van der Waals surface area contributed by atoms with Crippen LogP contribution in [0, 0.1) is 12.8 Å². The molecule has 34 heavy (non-hydrogen) atoms. The SMILES string of the molecule is Cc1cc(N2CC(C(=O)Cc3cccc(N)n3)C2)nc2c1c(=O)c(C(=O)O)cn2-c1nccs1. The fourth-order valence-electron chi connectivity index (χ4n) is 4.06. The average molecular weight is 477 g/mol. The van der Waals surface area contributed by atoms with E-state index in [4.69, 9.17) is 5.73 Å². The lowest BCUT2D eigenvalue weighted by Gasteiger charge is -2.39. The van der Waals surface area contributed by atoms with Gasteiger partial charge in [0, 0.05) is 37.3 Å². The molecule has 1 saturated heterocycles. The summed E-state index contributed by atoms with van der Waals surface area (Å²) in [6.07, 6.45) is 3.08. The molecular formula is C23H20N6O4S. The number of Topliss-reactive ketones (excluding diaryl/α,β-unsaturated/α-hetero) is 1. The summed E-state index contributed by atoms with van der Waals surface area (Å²) in [5, 5.41) is 12.0. The number of hydrogen-bond acceptors (Lipinski definition) is 9. The number of carboxylic acids is 1. The monoisotopic (exact) mass is 476 g/mol. The van der Waals surface area contributed by atoms with Crippen LogP contribution in [0.2, 0.25) is 0 Å². The van der Waals surface area contributed by atoms with Crippen LogP contribution in [-0.4, -0.2) is 49.5 Å². The number of aromatic carboxylic acids is 1. The standard InChI is InChI=1S/C23H20N6O4S/c1-12-7-18(28-9-13(10-28)16(30)8-14-3-2-4-17(24)26-14)27-21-19(12)20(31)15(22(32)33)11-29(21)23-25-5-6-34-23/h2-7,11,13H,8-10H2,1H3,(H2,24,26)(H,32,33). The number of carbonyl (C=O) groups is 2. The van der Waals surface area contributed by atoms with Crippen LogP contribution in [0.25, 0.3) is 16.2 Å². The maximum Gasteiger partial charge on any atom is 0.341 e. The Morgan fingerprint density at radius 1 is 1.26 bits per heavy atom. The second-order valence-corrected chi connectivity index (χ2v) is 9.03. The highest BCUT2D eigenvalue weighted by Crippen LogP contribution is 2.29. The number of nitrogens with two attached hydrogens (primary N) is 1. The molecule has 0 spiro atoms. The summed E-state index contributed by atoms with van der Waals surface area (Å²) in [5.74, 6) is -0.383. The number of thiazole rings is 1. The Labute approximate surface area is 197 Å². The number of fused-ring (bicyclic) bond motifs is 1. The van der Waals surface area contributed by atoms with Crippen LogP contribution in [0.4, 0.5) is 11.6 Å². The van der Waals surface area contributed by atoms with E-state index in [1.165, 1.54) is 22.1 Å². The summed E-state index contributed by atoms with van der Waals surface area (Å²) in [6, 6.07) is 6.99. The van der Waals surface area contributed by atoms with Gasteiger partial charge in [-0.2, -0.15) is 0 Å². The zero-order valence-electron chi connectivity index (χ0n) is 18.1. The van der Waals surface area contributed by atoms with E-state index in [9.17, 15) is 19.5 Å². The Bertz CT molecular complexity index is 1490. The number of ketones is 1. The minimum absolute atomic E-state index is 0.0812. The number of carbonyl (C=O) groups excluding carboxylic acids is 1. The van der Waals surface area contributed by atoms with Crippen LogP contribution in [0.1, 0.15) is 21.6 Å². The van der Waals surface area contributed by atoms with E-state index in [0.29, 0.717) is 46.8 Å². The molecule has 0 aromatic carbocycles. The third kappa shape index (κ3) is 3.79. The van der Waals surface area contributed by atoms with Gasteiger partial charge in [0.25, 0.3) is 0 Å². The van der Waals surface area contributed by atoms with Crippen molar-refractivity contribution in [2.75, 3.05) is 23.7 Å². The number of carboxylic acid groups (broad SMARTS) is 1. The predicted octanol–water partition coefficient (Wildman–Crippen LogP) is 2.07. The first kappa shape index (κ1) is 21.7. The molecule has 0 unspecified atom stereocenters. The summed E-state index contributed by atoms with van der Waals surface area (Å²) in [4.78, 5) is 52.3. The van der Waals surface area contributed by atoms with Crippen molar-refractivity contribution < 1.29 is 14.7 Å². The van der Waals surface area contributed by atoms with Crippen molar-refractivity contribution in [3.63, 3.8) is 0 Å². The molecule has 4 aromatic heterocycles. The van der Waals surface area contributed by atoms with Gasteiger partial charge in [0.15, 0.2) is 10.8 Å². The number of nitrogens with zero attached hydrogens (tertiary/aromatic N) is 5. The second-order valence-electron chi connectivity index (χ2n) is 8.16. The number of nitrogen functional groups attached to an aromatic ring is 1. The van der Waals surface area contributed by atoms with E-state index in [1.54, 1.807) is 42.8 Å². The van der Waals surface area contributed by atoms with E-state index < -0.39 is 11.4 Å². The van der Waals surface area contributed by atoms with Gasteiger partial charge in [-0.05, 0) is 30.7 Å². The molecule has 4 aromatic rings. The van der Waals surface area contributed by atoms with Crippen molar-refractivity contribution in [2.24, 2.45) is 5.92 Å². The van der Waals surface area contributed by atoms with Crippen LogP contribution in [0.3, 0.4) is 0 Å². The Kier molecular flexibility index (Phi) is 5.33. The van der Waals surface area contributed by atoms with Gasteiger partial charge >= 0.3 is 5.97 Å². The molecule has 1 aliphatic heterocycles. The van der Waals surface area contributed by atoms with Crippen LogP contribution in [-0.2, 0) is 11.2 Å². The number of hydrogen-bond donors (Lipinski definition) is 2. The van der Waals surface area contributed by atoms with Gasteiger partial charge in [0.2, 0.25) is 5.43 Å². The van der Waals surface area contributed by atoms with Crippen LogP contribution in [0.15, 0.2) is 46.8 Å². The molecule has 1 fully saturated rings. The summed E-state index contributed by atoms with van der Waals surface area (Å²) in [5.41, 5.74) is 6.36. The van der Waals surface area contributed by atoms with Gasteiger partial charge in [-0.1, -0.05) is 6.07 Å². The molecule has 0 amide bonds. The molecule has 5 rings (SSSR count). The molecule has 0 radical (unpaired) electrons. The fraction of sp³-hybridized carbons (Fsp3) is 0.217. The van der Waals surface area contributed by atoms with Gasteiger partial charge in [-0.15, -0.1) is 11.3 Å². The Morgan fingerprint density at radius 3 is 2.74 bits per heavy atom. The molecule has 172 valence electrons.